The molecule has 0 aromatic heterocycles. The fourth-order valence-electron chi connectivity index (χ4n) is 2.14. The van der Waals surface area contributed by atoms with Crippen LogP contribution in [-0.4, -0.2) is 23.2 Å². The number of rotatable bonds is 5. The topological polar surface area (TPSA) is 44.3 Å². The quantitative estimate of drug-likeness (QED) is 0.764. The minimum absolute atomic E-state index is 0.0305. The van der Waals surface area contributed by atoms with Gasteiger partial charge in [-0.2, -0.15) is 0 Å². The Hall–Kier alpha value is -1.06. The van der Waals surface area contributed by atoms with Crippen molar-refractivity contribution < 1.29 is 5.11 Å². The van der Waals surface area contributed by atoms with Gasteiger partial charge in [0.1, 0.15) is 0 Å². The largest absolute Gasteiger partial charge is 0.387 e. The number of aliphatic hydroxyl groups is 1. The summed E-state index contributed by atoms with van der Waals surface area (Å²) < 4.78 is 0. The molecule has 1 aromatic rings. The first-order valence-electron chi connectivity index (χ1n) is 7.24. The van der Waals surface area contributed by atoms with Crippen molar-refractivity contribution in [2.75, 3.05) is 11.9 Å². The summed E-state index contributed by atoms with van der Waals surface area (Å²) in [5.74, 6) is 0. The fourth-order valence-corrected chi connectivity index (χ4v) is 2.14. The van der Waals surface area contributed by atoms with Crippen LogP contribution in [0, 0.1) is 0 Å². The summed E-state index contributed by atoms with van der Waals surface area (Å²) in [6.45, 7) is 6.90. The first-order chi connectivity index (χ1) is 8.94. The monoisotopic (exact) mass is 262 g/mol. The molecule has 1 saturated carbocycles. The predicted molar refractivity (Wildman–Crippen MR) is 80.4 cm³/mol. The van der Waals surface area contributed by atoms with E-state index in [4.69, 9.17) is 0 Å². The molecular formula is C16H26N2O. The first-order valence-corrected chi connectivity index (χ1v) is 7.24. The Bertz CT molecular complexity index is 407. The molecule has 19 heavy (non-hydrogen) atoms. The van der Waals surface area contributed by atoms with Crippen molar-refractivity contribution in [1.29, 1.82) is 0 Å². The Morgan fingerprint density at radius 1 is 1.32 bits per heavy atom. The molecule has 3 heteroatoms. The molecule has 0 heterocycles. The molecule has 1 fully saturated rings. The zero-order valence-corrected chi connectivity index (χ0v) is 12.2. The van der Waals surface area contributed by atoms with Gasteiger partial charge in [0.25, 0.3) is 0 Å². The Balaban J connectivity index is 1.93. The number of hydrogen-bond donors (Lipinski definition) is 3. The lowest BCUT2D eigenvalue weighted by atomic mass is 9.93. The molecule has 0 spiro atoms. The smallest absolute Gasteiger partial charge is 0.0915 e. The number of aliphatic hydroxyl groups excluding tert-OH is 1. The Morgan fingerprint density at radius 3 is 2.63 bits per heavy atom. The van der Waals surface area contributed by atoms with Crippen LogP contribution in [0.5, 0.6) is 0 Å². The molecule has 0 amide bonds. The zero-order valence-electron chi connectivity index (χ0n) is 12.2. The van der Waals surface area contributed by atoms with Crippen LogP contribution in [0.4, 0.5) is 5.69 Å². The Labute approximate surface area is 116 Å². The molecule has 1 aliphatic carbocycles. The van der Waals surface area contributed by atoms with E-state index in [0.29, 0.717) is 12.6 Å². The van der Waals surface area contributed by atoms with Crippen LogP contribution in [0.2, 0.25) is 0 Å². The average molecular weight is 262 g/mol. The van der Waals surface area contributed by atoms with Crippen LogP contribution in [0.3, 0.4) is 0 Å². The molecule has 2 rings (SSSR count). The lowest BCUT2D eigenvalue weighted by Gasteiger charge is -2.28. The summed E-state index contributed by atoms with van der Waals surface area (Å²) >= 11 is 0. The van der Waals surface area contributed by atoms with Crippen molar-refractivity contribution in [1.82, 2.24) is 5.32 Å². The summed E-state index contributed by atoms with van der Waals surface area (Å²) in [6, 6.07) is 8.76. The third-order valence-electron chi connectivity index (χ3n) is 3.57. The molecule has 1 aromatic carbocycles. The number of β-amino-alcohol motifs (C(OH)–C–C–N with tert-alkyl or cyclic N) is 1. The maximum Gasteiger partial charge on any atom is 0.0915 e. The van der Waals surface area contributed by atoms with Gasteiger partial charge in [-0.25, -0.2) is 0 Å². The van der Waals surface area contributed by atoms with Crippen molar-refractivity contribution >= 4 is 5.69 Å². The van der Waals surface area contributed by atoms with Crippen molar-refractivity contribution in [3.63, 3.8) is 0 Å². The van der Waals surface area contributed by atoms with Gasteiger partial charge in [-0.3, -0.25) is 0 Å². The number of benzene rings is 1. The van der Waals surface area contributed by atoms with Gasteiger partial charge in [-0.15, -0.1) is 0 Å². The van der Waals surface area contributed by atoms with Crippen molar-refractivity contribution in [2.45, 2.75) is 57.7 Å². The van der Waals surface area contributed by atoms with E-state index < -0.39 is 6.10 Å². The summed E-state index contributed by atoms with van der Waals surface area (Å²) in [5.41, 5.74) is 2.13. The van der Waals surface area contributed by atoms with E-state index in [1.807, 2.05) is 12.1 Å². The van der Waals surface area contributed by atoms with Gasteiger partial charge < -0.3 is 15.7 Å². The number of nitrogens with one attached hydrogen (secondary N) is 2. The predicted octanol–water partition coefficient (Wildman–Crippen LogP) is 3.07. The second kappa shape index (κ2) is 5.93. The van der Waals surface area contributed by atoms with Gasteiger partial charge >= 0.3 is 0 Å². The second-order valence-corrected chi connectivity index (χ2v) is 6.54. The molecule has 0 bridgehead atoms. The van der Waals surface area contributed by atoms with Gasteiger partial charge in [0, 0.05) is 23.8 Å². The van der Waals surface area contributed by atoms with E-state index >= 15 is 0 Å². The molecule has 1 atom stereocenters. The number of hydrogen-bond acceptors (Lipinski definition) is 3. The van der Waals surface area contributed by atoms with Gasteiger partial charge in [0.2, 0.25) is 0 Å². The van der Waals surface area contributed by atoms with Gasteiger partial charge in [0.05, 0.1) is 6.10 Å². The average Bonchev–Trinajstić information content (AvgIpc) is 2.30. The third-order valence-corrected chi connectivity index (χ3v) is 3.57. The van der Waals surface area contributed by atoms with Crippen molar-refractivity contribution in [3.05, 3.63) is 29.8 Å². The summed E-state index contributed by atoms with van der Waals surface area (Å²) in [5, 5.41) is 17.1. The third kappa shape index (κ3) is 4.51. The highest BCUT2D eigenvalue weighted by molar-refractivity contribution is 5.47. The van der Waals surface area contributed by atoms with Gasteiger partial charge in [0.15, 0.2) is 0 Å². The lowest BCUT2D eigenvalue weighted by molar-refractivity contribution is 0.163. The van der Waals surface area contributed by atoms with E-state index in [-0.39, 0.29) is 5.54 Å². The summed E-state index contributed by atoms with van der Waals surface area (Å²) in [6.07, 6.45) is 3.40. The molecule has 0 saturated heterocycles. The van der Waals surface area contributed by atoms with Crippen LogP contribution in [0.25, 0.3) is 0 Å². The highest BCUT2D eigenvalue weighted by Gasteiger charge is 2.18. The first kappa shape index (κ1) is 14.4. The van der Waals surface area contributed by atoms with Crippen LogP contribution in [-0.2, 0) is 0 Å². The maximum atomic E-state index is 10.2. The summed E-state index contributed by atoms with van der Waals surface area (Å²) in [4.78, 5) is 0. The SMILES string of the molecule is CC(C)(C)NC[C@@H](O)c1cccc(NC2CCC2)c1. The fraction of sp³-hybridized carbons (Fsp3) is 0.625. The minimum atomic E-state index is -0.456. The van der Waals surface area contributed by atoms with E-state index in [2.05, 4.69) is 43.5 Å². The zero-order chi connectivity index (χ0) is 13.9. The van der Waals surface area contributed by atoms with E-state index in [0.717, 1.165) is 11.3 Å². The normalized spacial score (nSPS) is 17.9. The van der Waals surface area contributed by atoms with Crippen LogP contribution >= 0.6 is 0 Å². The van der Waals surface area contributed by atoms with Crippen LogP contribution in [0.1, 0.15) is 51.7 Å². The number of anilines is 1. The Kier molecular flexibility index (Phi) is 4.48. The summed E-state index contributed by atoms with van der Waals surface area (Å²) in [7, 11) is 0. The van der Waals surface area contributed by atoms with Crippen molar-refractivity contribution in [3.8, 4) is 0 Å². The maximum absolute atomic E-state index is 10.2. The van der Waals surface area contributed by atoms with E-state index in [1.54, 1.807) is 0 Å². The highest BCUT2D eigenvalue weighted by Crippen LogP contribution is 2.25. The lowest BCUT2D eigenvalue weighted by Crippen LogP contribution is -2.38. The second-order valence-electron chi connectivity index (χ2n) is 6.54. The van der Waals surface area contributed by atoms with E-state index in [1.165, 1.54) is 19.3 Å². The minimum Gasteiger partial charge on any atom is -0.387 e. The standard InChI is InChI=1S/C16H26N2O/c1-16(2,3)17-11-15(19)12-6-4-9-14(10-12)18-13-7-5-8-13/h4,6,9-10,13,15,17-19H,5,7-8,11H2,1-3H3/t15-/m1/s1. The van der Waals surface area contributed by atoms with Gasteiger partial charge in [-0.1, -0.05) is 12.1 Å². The highest BCUT2D eigenvalue weighted by atomic mass is 16.3. The van der Waals surface area contributed by atoms with Crippen LogP contribution < -0.4 is 10.6 Å². The van der Waals surface area contributed by atoms with Crippen molar-refractivity contribution in [2.24, 2.45) is 0 Å². The molecule has 3 nitrogen and oxygen atoms in total. The molecule has 1 aliphatic rings. The molecule has 0 unspecified atom stereocenters. The molecular weight excluding hydrogens is 236 g/mol. The Morgan fingerprint density at radius 2 is 2.05 bits per heavy atom. The molecule has 0 aliphatic heterocycles. The van der Waals surface area contributed by atoms with Crippen LogP contribution in [0.15, 0.2) is 24.3 Å². The molecule has 3 N–H and O–H groups in total. The molecule has 0 radical (unpaired) electrons. The molecule has 106 valence electrons. The van der Waals surface area contributed by atoms with E-state index in [9.17, 15) is 5.11 Å². The van der Waals surface area contributed by atoms with Gasteiger partial charge in [-0.05, 0) is 57.7 Å².